The van der Waals surface area contributed by atoms with Crippen LogP contribution in [0.25, 0.3) is 0 Å². The molecular weight excluding hydrogens is 116 g/mol. The van der Waals surface area contributed by atoms with Crippen LogP contribution in [-0.2, 0) is 0 Å². The molecule has 56 valence electrons. The van der Waals surface area contributed by atoms with Crippen LogP contribution in [0.1, 0.15) is 19.8 Å². The molecule has 0 saturated carbocycles. The predicted molar refractivity (Wildman–Crippen MR) is 37.9 cm³/mol. The zero-order valence-corrected chi connectivity index (χ0v) is 5.88. The molecule has 0 spiro atoms. The van der Waals surface area contributed by atoms with Crippen LogP contribution in [-0.4, -0.2) is 23.8 Å². The van der Waals surface area contributed by atoms with Gasteiger partial charge >= 0.3 is 0 Å². The number of hydrogen-bond donors (Lipinski definition) is 3. The number of nitrogens with two attached hydrogens (primary N) is 2. The Morgan fingerprint density at radius 3 is 2.44 bits per heavy atom. The standard InChI is InChI=1S/C6H16N2O/c1-5(8)6(9)3-2-4-7/h5-6,9H,2-4,7-8H2,1H3. The maximum atomic E-state index is 9.08. The summed E-state index contributed by atoms with van der Waals surface area (Å²) in [5.74, 6) is 0. The van der Waals surface area contributed by atoms with Gasteiger partial charge in [-0.3, -0.25) is 0 Å². The molecule has 0 aromatic rings. The Bertz CT molecular complexity index is 66.1. The maximum Gasteiger partial charge on any atom is 0.0688 e. The molecule has 5 N–H and O–H groups in total. The van der Waals surface area contributed by atoms with E-state index in [0.29, 0.717) is 13.0 Å². The summed E-state index contributed by atoms with van der Waals surface area (Å²) in [4.78, 5) is 0. The van der Waals surface area contributed by atoms with Crippen molar-refractivity contribution >= 4 is 0 Å². The third-order valence-corrected chi connectivity index (χ3v) is 1.31. The van der Waals surface area contributed by atoms with Crippen LogP contribution in [0, 0.1) is 0 Å². The van der Waals surface area contributed by atoms with Gasteiger partial charge in [0, 0.05) is 6.04 Å². The molecule has 0 aromatic carbocycles. The highest BCUT2D eigenvalue weighted by molar-refractivity contribution is 4.65. The average Bonchev–Trinajstić information content (AvgIpc) is 1.82. The van der Waals surface area contributed by atoms with E-state index in [1.165, 1.54) is 0 Å². The van der Waals surface area contributed by atoms with Crippen LogP contribution in [0.15, 0.2) is 0 Å². The van der Waals surface area contributed by atoms with Crippen molar-refractivity contribution in [2.45, 2.75) is 31.9 Å². The monoisotopic (exact) mass is 132 g/mol. The first kappa shape index (κ1) is 8.88. The summed E-state index contributed by atoms with van der Waals surface area (Å²) >= 11 is 0. The molecule has 0 amide bonds. The molecule has 9 heavy (non-hydrogen) atoms. The average molecular weight is 132 g/mol. The Morgan fingerprint density at radius 2 is 2.11 bits per heavy atom. The Labute approximate surface area is 56.0 Å². The van der Waals surface area contributed by atoms with E-state index in [1.807, 2.05) is 0 Å². The summed E-state index contributed by atoms with van der Waals surface area (Å²) in [6.45, 7) is 2.42. The molecule has 0 aliphatic heterocycles. The van der Waals surface area contributed by atoms with E-state index >= 15 is 0 Å². The fraction of sp³-hybridized carbons (Fsp3) is 1.00. The topological polar surface area (TPSA) is 72.3 Å². The van der Waals surface area contributed by atoms with Crippen molar-refractivity contribution in [3.8, 4) is 0 Å². The number of aliphatic hydroxyl groups is 1. The van der Waals surface area contributed by atoms with Crippen molar-refractivity contribution < 1.29 is 5.11 Å². The molecule has 0 heterocycles. The Hall–Kier alpha value is -0.120. The largest absolute Gasteiger partial charge is 0.392 e. The second-order valence-electron chi connectivity index (χ2n) is 2.36. The molecule has 2 unspecified atom stereocenters. The molecule has 0 rings (SSSR count). The Balaban J connectivity index is 3.16. The highest BCUT2D eigenvalue weighted by Crippen LogP contribution is 1.97. The lowest BCUT2D eigenvalue weighted by Crippen LogP contribution is -2.31. The van der Waals surface area contributed by atoms with E-state index in [1.54, 1.807) is 6.92 Å². The smallest absolute Gasteiger partial charge is 0.0688 e. The highest BCUT2D eigenvalue weighted by atomic mass is 16.3. The van der Waals surface area contributed by atoms with Gasteiger partial charge in [0.25, 0.3) is 0 Å². The second kappa shape index (κ2) is 4.73. The third kappa shape index (κ3) is 4.39. The molecule has 0 saturated heterocycles. The number of rotatable bonds is 4. The van der Waals surface area contributed by atoms with E-state index in [-0.39, 0.29) is 12.1 Å². The van der Waals surface area contributed by atoms with E-state index in [9.17, 15) is 0 Å². The Morgan fingerprint density at radius 1 is 1.56 bits per heavy atom. The van der Waals surface area contributed by atoms with Gasteiger partial charge in [-0.1, -0.05) is 0 Å². The molecule has 2 atom stereocenters. The highest BCUT2D eigenvalue weighted by Gasteiger charge is 2.06. The van der Waals surface area contributed by atoms with Gasteiger partial charge in [-0.2, -0.15) is 0 Å². The van der Waals surface area contributed by atoms with Crippen molar-refractivity contribution in [2.75, 3.05) is 6.54 Å². The minimum Gasteiger partial charge on any atom is -0.392 e. The van der Waals surface area contributed by atoms with Crippen molar-refractivity contribution in [1.29, 1.82) is 0 Å². The van der Waals surface area contributed by atoms with Gasteiger partial charge in [-0.05, 0) is 26.3 Å². The van der Waals surface area contributed by atoms with Gasteiger partial charge in [-0.25, -0.2) is 0 Å². The van der Waals surface area contributed by atoms with Gasteiger partial charge < -0.3 is 16.6 Å². The Kier molecular flexibility index (Phi) is 4.67. The van der Waals surface area contributed by atoms with E-state index in [2.05, 4.69) is 0 Å². The summed E-state index contributed by atoms with van der Waals surface area (Å²) in [6.07, 6.45) is 1.19. The quantitative estimate of drug-likeness (QED) is 0.480. The fourth-order valence-electron chi connectivity index (χ4n) is 0.590. The predicted octanol–water partition coefficient (Wildman–Crippen LogP) is -0.567. The first-order valence-corrected chi connectivity index (χ1v) is 3.32. The van der Waals surface area contributed by atoms with Crippen LogP contribution in [0.4, 0.5) is 0 Å². The van der Waals surface area contributed by atoms with Crippen LogP contribution in [0.2, 0.25) is 0 Å². The maximum absolute atomic E-state index is 9.08. The van der Waals surface area contributed by atoms with Crippen LogP contribution in [0.5, 0.6) is 0 Å². The van der Waals surface area contributed by atoms with Crippen molar-refractivity contribution in [3.63, 3.8) is 0 Å². The third-order valence-electron chi connectivity index (χ3n) is 1.31. The first-order chi connectivity index (χ1) is 4.18. The summed E-state index contributed by atoms with van der Waals surface area (Å²) < 4.78 is 0. The van der Waals surface area contributed by atoms with Crippen molar-refractivity contribution in [2.24, 2.45) is 11.5 Å². The number of aliphatic hydroxyl groups excluding tert-OH is 1. The minimum absolute atomic E-state index is 0.128. The van der Waals surface area contributed by atoms with Gasteiger partial charge in [-0.15, -0.1) is 0 Å². The molecule has 0 bridgehead atoms. The lowest BCUT2D eigenvalue weighted by Gasteiger charge is -2.12. The molecule has 0 aliphatic rings. The zero-order valence-electron chi connectivity index (χ0n) is 5.88. The van der Waals surface area contributed by atoms with Crippen LogP contribution < -0.4 is 11.5 Å². The SMILES string of the molecule is CC(N)C(O)CCCN. The fourth-order valence-corrected chi connectivity index (χ4v) is 0.590. The zero-order chi connectivity index (χ0) is 7.28. The molecule has 0 aliphatic carbocycles. The minimum atomic E-state index is -0.381. The summed E-state index contributed by atoms with van der Waals surface area (Å²) in [6, 6.07) is -0.128. The van der Waals surface area contributed by atoms with Gasteiger partial charge in [0.15, 0.2) is 0 Å². The molecule has 0 fully saturated rings. The van der Waals surface area contributed by atoms with Gasteiger partial charge in [0.1, 0.15) is 0 Å². The molecule has 0 aromatic heterocycles. The summed E-state index contributed by atoms with van der Waals surface area (Å²) in [7, 11) is 0. The van der Waals surface area contributed by atoms with E-state index < -0.39 is 0 Å². The lowest BCUT2D eigenvalue weighted by atomic mass is 10.1. The second-order valence-corrected chi connectivity index (χ2v) is 2.36. The van der Waals surface area contributed by atoms with E-state index in [0.717, 1.165) is 6.42 Å². The van der Waals surface area contributed by atoms with Crippen molar-refractivity contribution in [1.82, 2.24) is 0 Å². The van der Waals surface area contributed by atoms with Gasteiger partial charge in [0.05, 0.1) is 6.10 Å². The molecule has 3 nitrogen and oxygen atoms in total. The molecule has 0 radical (unpaired) electrons. The lowest BCUT2D eigenvalue weighted by molar-refractivity contribution is 0.139. The number of hydrogen-bond acceptors (Lipinski definition) is 3. The van der Waals surface area contributed by atoms with Gasteiger partial charge in [0.2, 0.25) is 0 Å². The van der Waals surface area contributed by atoms with Crippen molar-refractivity contribution in [3.05, 3.63) is 0 Å². The summed E-state index contributed by atoms with van der Waals surface area (Å²) in [5, 5.41) is 9.08. The first-order valence-electron chi connectivity index (χ1n) is 3.32. The molecular formula is C6H16N2O. The van der Waals surface area contributed by atoms with Crippen LogP contribution in [0.3, 0.4) is 0 Å². The van der Waals surface area contributed by atoms with E-state index in [4.69, 9.17) is 16.6 Å². The molecule has 3 heteroatoms. The van der Waals surface area contributed by atoms with Crippen LogP contribution >= 0.6 is 0 Å². The summed E-state index contributed by atoms with van der Waals surface area (Å²) in [5.41, 5.74) is 10.6. The normalized spacial score (nSPS) is 17.3.